The molecular weight excluding hydrogens is 220 g/mol. The monoisotopic (exact) mass is 244 g/mol. The van der Waals surface area contributed by atoms with Crippen LogP contribution >= 0.6 is 11.8 Å². The Morgan fingerprint density at radius 2 is 2.00 bits per heavy atom. The van der Waals surface area contributed by atoms with Crippen molar-refractivity contribution in [3.63, 3.8) is 0 Å². The average molecular weight is 244 g/mol. The zero-order valence-corrected chi connectivity index (χ0v) is 11.4. The molecule has 4 heteroatoms. The minimum absolute atomic E-state index is 0.00859. The third-order valence-corrected chi connectivity index (χ3v) is 4.17. The zero-order chi connectivity index (χ0) is 12.2. The van der Waals surface area contributed by atoms with E-state index >= 15 is 0 Å². The SMILES string of the molecule is CC(C)(C)[C@@H](N)C(=O)NCC1CCSCC1. The second-order valence-corrected chi connectivity index (χ2v) is 6.87. The van der Waals surface area contributed by atoms with Crippen LogP contribution in [0.15, 0.2) is 0 Å². The fourth-order valence-electron chi connectivity index (χ4n) is 1.70. The molecule has 0 unspecified atom stereocenters. The molecule has 0 spiro atoms. The van der Waals surface area contributed by atoms with Crippen LogP contribution in [-0.2, 0) is 4.79 Å². The molecule has 1 saturated heterocycles. The van der Waals surface area contributed by atoms with E-state index in [0.717, 1.165) is 6.54 Å². The minimum Gasteiger partial charge on any atom is -0.354 e. The molecule has 0 aromatic carbocycles. The maximum Gasteiger partial charge on any atom is 0.237 e. The van der Waals surface area contributed by atoms with Crippen molar-refractivity contribution in [1.82, 2.24) is 5.32 Å². The summed E-state index contributed by atoms with van der Waals surface area (Å²) in [6, 6.07) is -0.412. The Balaban J connectivity index is 2.29. The number of carbonyl (C=O) groups is 1. The largest absolute Gasteiger partial charge is 0.354 e. The Labute approximate surface area is 103 Å². The van der Waals surface area contributed by atoms with Gasteiger partial charge in [0, 0.05) is 6.54 Å². The Kier molecular flexibility index (Phi) is 5.12. The summed E-state index contributed by atoms with van der Waals surface area (Å²) in [5.41, 5.74) is 5.73. The lowest BCUT2D eigenvalue weighted by molar-refractivity contribution is -0.124. The van der Waals surface area contributed by atoms with Gasteiger partial charge in [0.05, 0.1) is 6.04 Å². The quantitative estimate of drug-likeness (QED) is 0.793. The number of rotatable bonds is 3. The first-order chi connectivity index (χ1) is 7.41. The van der Waals surface area contributed by atoms with E-state index in [0.29, 0.717) is 5.92 Å². The lowest BCUT2D eigenvalue weighted by atomic mass is 9.87. The van der Waals surface area contributed by atoms with Crippen LogP contribution < -0.4 is 11.1 Å². The highest BCUT2D eigenvalue weighted by molar-refractivity contribution is 7.99. The van der Waals surface area contributed by atoms with Crippen LogP contribution in [0.3, 0.4) is 0 Å². The highest BCUT2D eigenvalue weighted by atomic mass is 32.2. The molecule has 16 heavy (non-hydrogen) atoms. The van der Waals surface area contributed by atoms with Gasteiger partial charge in [-0.15, -0.1) is 0 Å². The van der Waals surface area contributed by atoms with Gasteiger partial charge in [-0.2, -0.15) is 11.8 Å². The van der Waals surface area contributed by atoms with Crippen molar-refractivity contribution in [2.45, 2.75) is 39.7 Å². The Morgan fingerprint density at radius 3 is 2.50 bits per heavy atom. The van der Waals surface area contributed by atoms with Crippen molar-refractivity contribution in [2.24, 2.45) is 17.1 Å². The topological polar surface area (TPSA) is 55.1 Å². The first-order valence-electron chi connectivity index (χ1n) is 6.02. The van der Waals surface area contributed by atoms with Crippen molar-refractivity contribution in [3.8, 4) is 0 Å². The standard InChI is InChI=1S/C12H24N2OS/c1-12(2,3)10(13)11(15)14-8-9-4-6-16-7-5-9/h9-10H,4-8,13H2,1-3H3,(H,14,15)/t10-/m0/s1. The number of thioether (sulfide) groups is 1. The third kappa shape index (κ3) is 4.34. The van der Waals surface area contributed by atoms with Crippen LogP contribution in [0.4, 0.5) is 0 Å². The Hall–Kier alpha value is -0.220. The van der Waals surface area contributed by atoms with Gasteiger partial charge < -0.3 is 11.1 Å². The van der Waals surface area contributed by atoms with Gasteiger partial charge in [-0.3, -0.25) is 4.79 Å². The van der Waals surface area contributed by atoms with Crippen LogP contribution in [0.25, 0.3) is 0 Å². The normalized spacial score (nSPS) is 20.5. The summed E-state index contributed by atoms with van der Waals surface area (Å²) in [6.07, 6.45) is 2.44. The van der Waals surface area contributed by atoms with Gasteiger partial charge in [0.25, 0.3) is 0 Å². The van der Waals surface area contributed by atoms with E-state index in [4.69, 9.17) is 5.73 Å². The molecule has 1 atom stereocenters. The summed E-state index contributed by atoms with van der Waals surface area (Å²) in [7, 11) is 0. The molecule has 1 aliphatic heterocycles. The number of nitrogens with two attached hydrogens (primary N) is 1. The number of nitrogens with one attached hydrogen (secondary N) is 1. The molecule has 0 aromatic heterocycles. The highest BCUT2D eigenvalue weighted by Gasteiger charge is 2.27. The van der Waals surface area contributed by atoms with Crippen LogP contribution in [-0.4, -0.2) is 30.0 Å². The van der Waals surface area contributed by atoms with E-state index in [-0.39, 0.29) is 11.3 Å². The second-order valence-electron chi connectivity index (χ2n) is 5.64. The van der Waals surface area contributed by atoms with E-state index in [1.807, 2.05) is 32.5 Å². The van der Waals surface area contributed by atoms with Crippen molar-refractivity contribution in [2.75, 3.05) is 18.1 Å². The summed E-state index contributed by atoms with van der Waals surface area (Å²) in [5, 5.41) is 2.99. The number of carbonyl (C=O) groups excluding carboxylic acids is 1. The van der Waals surface area contributed by atoms with Gasteiger partial charge in [0.2, 0.25) is 5.91 Å². The lowest BCUT2D eigenvalue weighted by Gasteiger charge is -2.27. The first-order valence-corrected chi connectivity index (χ1v) is 7.18. The molecule has 0 aromatic rings. The molecule has 0 bridgehead atoms. The zero-order valence-electron chi connectivity index (χ0n) is 10.6. The molecule has 0 aliphatic carbocycles. The van der Waals surface area contributed by atoms with Crippen LogP contribution in [0.2, 0.25) is 0 Å². The van der Waals surface area contributed by atoms with Crippen LogP contribution in [0.1, 0.15) is 33.6 Å². The van der Waals surface area contributed by atoms with Gasteiger partial charge in [-0.05, 0) is 35.7 Å². The predicted molar refractivity (Wildman–Crippen MR) is 70.5 cm³/mol. The third-order valence-electron chi connectivity index (χ3n) is 3.12. The van der Waals surface area contributed by atoms with Crippen molar-refractivity contribution >= 4 is 17.7 Å². The highest BCUT2D eigenvalue weighted by Crippen LogP contribution is 2.22. The number of hydrogen-bond acceptors (Lipinski definition) is 3. The molecule has 1 amide bonds. The van der Waals surface area contributed by atoms with Crippen LogP contribution in [0, 0.1) is 11.3 Å². The summed E-state index contributed by atoms with van der Waals surface area (Å²) in [6.45, 7) is 6.78. The van der Waals surface area contributed by atoms with E-state index in [1.165, 1.54) is 24.3 Å². The molecule has 0 radical (unpaired) electrons. The van der Waals surface area contributed by atoms with Crippen LogP contribution in [0.5, 0.6) is 0 Å². The molecule has 1 aliphatic rings. The van der Waals surface area contributed by atoms with Gasteiger partial charge in [0.1, 0.15) is 0 Å². The van der Waals surface area contributed by atoms with E-state index in [9.17, 15) is 4.79 Å². The van der Waals surface area contributed by atoms with Crippen molar-refractivity contribution < 1.29 is 4.79 Å². The molecule has 0 saturated carbocycles. The maximum atomic E-state index is 11.8. The smallest absolute Gasteiger partial charge is 0.237 e. The van der Waals surface area contributed by atoms with Crippen molar-refractivity contribution in [3.05, 3.63) is 0 Å². The summed E-state index contributed by atoms with van der Waals surface area (Å²) >= 11 is 2.01. The van der Waals surface area contributed by atoms with E-state index < -0.39 is 6.04 Å². The number of amides is 1. The Bertz CT molecular complexity index is 232. The summed E-state index contributed by atoms with van der Waals surface area (Å²) in [4.78, 5) is 11.8. The fourth-order valence-corrected chi connectivity index (χ4v) is 2.90. The lowest BCUT2D eigenvalue weighted by Crippen LogP contribution is -2.49. The maximum absolute atomic E-state index is 11.8. The molecule has 3 N–H and O–H groups in total. The molecule has 3 nitrogen and oxygen atoms in total. The second kappa shape index (κ2) is 5.92. The molecular formula is C12H24N2OS. The van der Waals surface area contributed by atoms with E-state index in [1.54, 1.807) is 0 Å². The van der Waals surface area contributed by atoms with Gasteiger partial charge in [-0.1, -0.05) is 20.8 Å². The Morgan fingerprint density at radius 1 is 1.44 bits per heavy atom. The van der Waals surface area contributed by atoms with Gasteiger partial charge in [0.15, 0.2) is 0 Å². The molecule has 1 rings (SSSR count). The summed E-state index contributed by atoms with van der Waals surface area (Å²) < 4.78 is 0. The molecule has 94 valence electrons. The average Bonchev–Trinajstić information content (AvgIpc) is 2.25. The molecule has 1 heterocycles. The number of hydrogen-bond donors (Lipinski definition) is 2. The first kappa shape index (κ1) is 13.8. The minimum atomic E-state index is -0.412. The predicted octanol–water partition coefficient (Wildman–Crippen LogP) is 1.62. The van der Waals surface area contributed by atoms with Gasteiger partial charge >= 0.3 is 0 Å². The molecule has 1 fully saturated rings. The van der Waals surface area contributed by atoms with E-state index in [2.05, 4.69) is 5.32 Å². The van der Waals surface area contributed by atoms with Gasteiger partial charge in [-0.25, -0.2) is 0 Å². The fraction of sp³-hybridized carbons (Fsp3) is 0.917. The van der Waals surface area contributed by atoms with Crippen molar-refractivity contribution in [1.29, 1.82) is 0 Å². The summed E-state index contributed by atoms with van der Waals surface area (Å²) in [5.74, 6) is 3.10.